The summed E-state index contributed by atoms with van der Waals surface area (Å²) >= 11 is 0. The highest BCUT2D eigenvalue weighted by Gasteiger charge is 2.17. The largest absolute Gasteiger partial charge is 0.490 e. The first-order valence-corrected chi connectivity index (χ1v) is 10.5. The summed E-state index contributed by atoms with van der Waals surface area (Å²) in [6.07, 6.45) is -0.585. The minimum Gasteiger partial charge on any atom is -0.490 e. The van der Waals surface area contributed by atoms with Crippen molar-refractivity contribution >= 4 is 0 Å². The van der Waals surface area contributed by atoms with E-state index in [0.717, 1.165) is 28.2 Å². The maximum Gasteiger partial charge on any atom is 0.166 e. The number of hydrogen-bond donors (Lipinski definition) is 2. The van der Waals surface area contributed by atoms with E-state index < -0.39 is 6.10 Å². The Labute approximate surface area is 179 Å². The van der Waals surface area contributed by atoms with Crippen molar-refractivity contribution in [1.82, 2.24) is 5.32 Å². The number of ether oxygens (including phenoxy) is 2. The highest BCUT2D eigenvalue weighted by molar-refractivity contribution is 5.47. The van der Waals surface area contributed by atoms with Crippen molar-refractivity contribution in [2.45, 2.75) is 46.1 Å². The van der Waals surface area contributed by atoms with Crippen molar-refractivity contribution in [2.75, 3.05) is 6.61 Å². The molecule has 0 amide bonds. The Balaban J connectivity index is 1.71. The summed E-state index contributed by atoms with van der Waals surface area (Å²) in [6, 6.07) is 23.8. The number of aryl methyl sites for hydroxylation is 1. The Morgan fingerprint density at radius 2 is 1.63 bits per heavy atom. The third kappa shape index (κ3) is 5.85. The van der Waals surface area contributed by atoms with E-state index in [9.17, 15) is 5.11 Å². The van der Waals surface area contributed by atoms with Crippen molar-refractivity contribution in [1.29, 1.82) is 0 Å². The van der Waals surface area contributed by atoms with Gasteiger partial charge in [0.05, 0.1) is 12.7 Å². The molecule has 0 heterocycles. The molecule has 2 atom stereocenters. The fraction of sp³-hybridized carbons (Fsp3) is 0.308. The first-order valence-electron chi connectivity index (χ1n) is 10.5. The van der Waals surface area contributed by atoms with Gasteiger partial charge in [0.2, 0.25) is 0 Å². The number of nitrogens with one attached hydrogen (secondary N) is 1. The van der Waals surface area contributed by atoms with Gasteiger partial charge in [-0.05, 0) is 38.0 Å². The maximum atomic E-state index is 10.6. The molecular formula is C26H31NO3. The summed E-state index contributed by atoms with van der Waals surface area (Å²) in [5.74, 6) is 1.48. The van der Waals surface area contributed by atoms with Crippen LogP contribution in [-0.4, -0.2) is 17.8 Å². The first-order chi connectivity index (χ1) is 14.6. The van der Waals surface area contributed by atoms with E-state index in [0.29, 0.717) is 19.8 Å². The topological polar surface area (TPSA) is 50.7 Å². The van der Waals surface area contributed by atoms with Crippen LogP contribution in [0.25, 0.3) is 0 Å². The molecule has 0 aromatic heterocycles. The van der Waals surface area contributed by atoms with Crippen molar-refractivity contribution in [2.24, 2.45) is 0 Å². The Bertz CT molecular complexity index is 909. The van der Waals surface area contributed by atoms with Gasteiger partial charge in [-0.2, -0.15) is 0 Å². The second-order valence-corrected chi connectivity index (χ2v) is 7.48. The number of rotatable bonds is 10. The SMILES string of the molecule is CCOc1cccc(CNC(C)C(O)c2ccccc2)c1OCc1ccc(C)cc1. The van der Waals surface area contributed by atoms with Crippen molar-refractivity contribution in [3.05, 3.63) is 95.1 Å². The maximum absolute atomic E-state index is 10.6. The van der Waals surface area contributed by atoms with Gasteiger partial charge >= 0.3 is 0 Å². The normalized spacial score (nSPS) is 12.9. The molecule has 0 bridgehead atoms. The summed E-state index contributed by atoms with van der Waals surface area (Å²) in [6.45, 7) is 7.63. The van der Waals surface area contributed by atoms with Gasteiger partial charge in [-0.15, -0.1) is 0 Å². The highest BCUT2D eigenvalue weighted by Crippen LogP contribution is 2.32. The molecule has 0 aliphatic carbocycles. The van der Waals surface area contributed by atoms with Crippen LogP contribution >= 0.6 is 0 Å². The Morgan fingerprint density at radius 3 is 2.33 bits per heavy atom. The zero-order chi connectivity index (χ0) is 21.3. The zero-order valence-corrected chi connectivity index (χ0v) is 18.0. The second kappa shape index (κ2) is 10.8. The van der Waals surface area contributed by atoms with Gasteiger partial charge in [0.25, 0.3) is 0 Å². The van der Waals surface area contributed by atoms with Crippen LogP contribution in [0.5, 0.6) is 11.5 Å². The van der Waals surface area contributed by atoms with Crippen LogP contribution in [0, 0.1) is 6.92 Å². The van der Waals surface area contributed by atoms with Gasteiger partial charge in [-0.1, -0.05) is 72.3 Å². The van der Waals surface area contributed by atoms with Crippen molar-refractivity contribution in [3.63, 3.8) is 0 Å². The van der Waals surface area contributed by atoms with Gasteiger partial charge in [-0.3, -0.25) is 0 Å². The molecule has 0 radical (unpaired) electrons. The summed E-state index contributed by atoms with van der Waals surface area (Å²) < 4.78 is 12.0. The third-order valence-electron chi connectivity index (χ3n) is 5.09. The molecule has 158 valence electrons. The number of hydrogen-bond acceptors (Lipinski definition) is 4. The number of para-hydroxylation sites is 1. The van der Waals surface area contributed by atoms with Crippen LogP contribution in [0.2, 0.25) is 0 Å². The molecule has 0 aliphatic heterocycles. The van der Waals surface area contributed by atoms with Crippen LogP contribution < -0.4 is 14.8 Å². The summed E-state index contributed by atoms with van der Waals surface area (Å²) in [5.41, 5.74) is 4.24. The Hall–Kier alpha value is -2.82. The number of benzene rings is 3. The van der Waals surface area contributed by atoms with Crippen LogP contribution in [0.3, 0.4) is 0 Å². The predicted molar refractivity (Wildman–Crippen MR) is 121 cm³/mol. The van der Waals surface area contributed by atoms with Crippen LogP contribution in [0.4, 0.5) is 0 Å². The Kier molecular flexibility index (Phi) is 7.89. The van der Waals surface area contributed by atoms with E-state index >= 15 is 0 Å². The van der Waals surface area contributed by atoms with Crippen LogP contribution in [-0.2, 0) is 13.2 Å². The molecule has 2 unspecified atom stereocenters. The molecule has 0 saturated heterocycles. The second-order valence-electron chi connectivity index (χ2n) is 7.48. The molecular weight excluding hydrogens is 374 g/mol. The van der Waals surface area contributed by atoms with Crippen LogP contribution in [0.1, 0.15) is 42.2 Å². The van der Waals surface area contributed by atoms with E-state index in [1.807, 2.05) is 62.4 Å². The lowest BCUT2D eigenvalue weighted by atomic mass is 10.0. The van der Waals surface area contributed by atoms with E-state index in [2.05, 4.69) is 36.5 Å². The minimum atomic E-state index is -0.585. The van der Waals surface area contributed by atoms with Gasteiger partial charge in [0.15, 0.2) is 11.5 Å². The van der Waals surface area contributed by atoms with E-state index in [1.165, 1.54) is 5.56 Å². The average Bonchev–Trinajstić information content (AvgIpc) is 2.78. The smallest absolute Gasteiger partial charge is 0.166 e. The quantitative estimate of drug-likeness (QED) is 0.488. The van der Waals surface area contributed by atoms with Gasteiger partial charge in [-0.25, -0.2) is 0 Å². The lowest BCUT2D eigenvalue weighted by Gasteiger charge is -2.22. The summed E-state index contributed by atoms with van der Waals surface area (Å²) in [7, 11) is 0. The average molecular weight is 406 g/mol. The zero-order valence-electron chi connectivity index (χ0n) is 18.0. The molecule has 0 saturated carbocycles. The van der Waals surface area contributed by atoms with Crippen LogP contribution in [0.15, 0.2) is 72.8 Å². The monoisotopic (exact) mass is 405 g/mol. The summed E-state index contributed by atoms with van der Waals surface area (Å²) in [5, 5.41) is 14.1. The molecule has 2 N–H and O–H groups in total. The van der Waals surface area contributed by atoms with E-state index in [1.54, 1.807) is 0 Å². The van der Waals surface area contributed by atoms with Gasteiger partial charge in [0.1, 0.15) is 6.61 Å². The van der Waals surface area contributed by atoms with E-state index in [4.69, 9.17) is 9.47 Å². The summed E-state index contributed by atoms with van der Waals surface area (Å²) in [4.78, 5) is 0. The lowest BCUT2D eigenvalue weighted by molar-refractivity contribution is 0.135. The molecule has 0 spiro atoms. The predicted octanol–water partition coefficient (Wildman–Crippen LogP) is 5.18. The molecule has 0 fully saturated rings. The minimum absolute atomic E-state index is 0.118. The Morgan fingerprint density at radius 1 is 0.900 bits per heavy atom. The first kappa shape index (κ1) is 21.9. The molecule has 4 heteroatoms. The highest BCUT2D eigenvalue weighted by atomic mass is 16.5. The third-order valence-corrected chi connectivity index (χ3v) is 5.09. The molecule has 3 aromatic rings. The molecule has 30 heavy (non-hydrogen) atoms. The standard InChI is InChI=1S/C26H31NO3/c1-4-29-24-12-8-11-23(26(24)30-18-21-15-13-19(2)14-16-21)17-27-20(3)25(28)22-9-6-5-7-10-22/h5-16,20,25,27-28H,4,17-18H2,1-3H3. The van der Waals surface area contributed by atoms with Crippen molar-refractivity contribution in [3.8, 4) is 11.5 Å². The molecule has 3 rings (SSSR count). The molecule has 4 nitrogen and oxygen atoms in total. The van der Waals surface area contributed by atoms with E-state index in [-0.39, 0.29) is 6.04 Å². The fourth-order valence-electron chi connectivity index (χ4n) is 3.29. The van der Waals surface area contributed by atoms with Gasteiger partial charge in [0, 0.05) is 18.2 Å². The fourth-order valence-corrected chi connectivity index (χ4v) is 3.29. The number of aliphatic hydroxyl groups is 1. The number of aliphatic hydroxyl groups excluding tert-OH is 1. The lowest BCUT2D eigenvalue weighted by Crippen LogP contribution is -2.31. The molecule has 0 aliphatic rings. The molecule has 3 aromatic carbocycles. The van der Waals surface area contributed by atoms with Crippen molar-refractivity contribution < 1.29 is 14.6 Å². The van der Waals surface area contributed by atoms with Gasteiger partial charge < -0.3 is 19.9 Å².